The van der Waals surface area contributed by atoms with Crippen molar-refractivity contribution in [3.63, 3.8) is 0 Å². The van der Waals surface area contributed by atoms with E-state index in [1.165, 1.54) is 10.8 Å². The zero-order chi connectivity index (χ0) is 16.6. The van der Waals surface area contributed by atoms with Gasteiger partial charge >= 0.3 is 0 Å². The van der Waals surface area contributed by atoms with E-state index in [0.717, 1.165) is 0 Å². The molecular weight excluding hydrogens is 320 g/mol. The summed E-state index contributed by atoms with van der Waals surface area (Å²) in [5.74, 6) is 1.13. The van der Waals surface area contributed by atoms with Gasteiger partial charge in [0, 0.05) is 18.7 Å². The first kappa shape index (κ1) is 15.2. The Morgan fingerprint density at radius 3 is 2.35 bits per heavy atom. The van der Waals surface area contributed by atoms with Crippen molar-refractivity contribution in [1.29, 1.82) is 0 Å². The van der Waals surface area contributed by atoms with E-state index >= 15 is 0 Å². The van der Waals surface area contributed by atoms with Gasteiger partial charge in [-0.2, -0.15) is 4.98 Å². The molecule has 2 heterocycles. The predicted molar refractivity (Wildman–Crippen MR) is 86.1 cm³/mol. The lowest BCUT2D eigenvalue weighted by atomic mass is 10.1. The van der Waals surface area contributed by atoms with Crippen LogP contribution in [0.25, 0.3) is 22.4 Å². The van der Waals surface area contributed by atoms with E-state index in [1.807, 2.05) is 0 Å². The molecule has 7 nitrogen and oxygen atoms in total. The van der Waals surface area contributed by atoms with Crippen molar-refractivity contribution in [1.82, 2.24) is 19.5 Å². The highest BCUT2D eigenvalue weighted by Crippen LogP contribution is 2.27. The quantitative estimate of drug-likeness (QED) is 0.683. The lowest BCUT2D eigenvalue weighted by Crippen LogP contribution is -2.21. The highest BCUT2D eigenvalue weighted by Gasteiger charge is 2.14. The first-order valence-electron chi connectivity index (χ1n) is 6.66. The van der Waals surface area contributed by atoms with Crippen LogP contribution in [0.2, 0.25) is 5.28 Å². The Hall–Kier alpha value is -2.67. The van der Waals surface area contributed by atoms with E-state index in [9.17, 15) is 4.79 Å². The molecule has 8 heteroatoms. The van der Waals surface area contributed by atoms with Crippen LogP contribution in [0.3, 0.4) is 0 Å². The fraction of sp³-hybridized carbons (Fsp3) is 0.200. The number of halogens is 1. The van der Waals surface area contributed by atoms with Gasteiger partial charge in [-0.25, -0.2) is 9.97 Å². The maximum absolute atomic E-state index is 12.6. The zero-order valence-electron chi connectivity index (χ0n) is 12.7. The molecule has 2 aromatic heterocycles. The van der Waals surface area contributed by atoms with Crippen LogP contribution in [-0.2, 0) is 7.05 Å². The molecule has 0 aliphatic carbocycles. The number of hydrogen-bond donors (Lipinski definition) is 0. The van der Waals surface area contributed by atoms with Crippen molar-refractivity contribution >= 4 is 22.8 Å². The van der Waals surface area contributed by atoms with Crippen LogP contribution in [0.1, 0.15) is 0 Å². The third-order valence-electron chi connectivity index (χ3n) is 3.40. The summed E-state index contributed by atoms with van der Waals surface area (Å²) in [7, 11) is 4.69. The number of rotatable bonds is 3. The molecule has 1 aromatic carbocycles. The Morgan fingerprint density at radius 1 is 1.09 bits per heavy atom. The fourth-order valence-corrected chi connectivity index (χ4v) is 2.36. The van der Waals surface area contributed by atoms with Gasteiger partial charge in [-0.3, -0.25) is 9.36 Å². The number of aryl methyl sites for hydroxylation is 1. The van der Waals surface area contributed by atoms with E-state index in [4.69, 9.17) is 21.1 Å². The molecule has 0 saturated carbocycles. The number of fused-ring (bicyclic) bond motifs is 1. The fourth-order valence-electron chi connectivity index (χ4n) is 2.23. The summed E-state index contributed by atoms with van der Waals surface area (Å²) >= 11 is 5.78. The second-order valence-electron chi connectivity index (χ2n) is 4.77. The van der Waals surface area contributed by atoms with Gasteiger partial charge in [-0.1, -0.05) is 0 Å². The van der Waals surface area contributed by atoms with Crippen molar-refractivity contribution < 1.29 is 9.47 Å². The summed E-state index contributed by atoms with van der Waals surface area (Å²) in [6, 6.07) is 5.15. The van der Waals surface area contributed by atoms with E-state index in [2.05, 4.69) is 15.0 Å². The zero-order valence-corrected chi connectivity index (χ0v) is 13.5. The van der Waals surface area contributed by atoms with Crippen LogP contribution < -0.4 is 15.0 Å². The van der Waals surface area contributed by atoms with Crippen LogP contribution in [0.4, 0.5) is 0 Å². The van der Waals surface area contributed by atoms with E-state index in [1.54, 1.807) is 39.5 Å². The lowest BCUT2D eigenvalue weighted by Gasteiger charge is -2.10. The van der Waals surface area contributed by atoms with E-state index in [-0.39, 0.29) is 16.5 Å². The van der Waals surface area contributed by atoms with Gasteiger partial charge in [0.2, 0.25) is 5.28 Å². The summed E-state index contributed by atoms with van der Waals surface area (Å²) in [5.41, 5.74) is 1.37. The second kappa shape index (κ2) is 5.85. The maximum atomic E-state index is 12.6. The Kier molecular flexibility index (Phi) is 3.87. The lowest BCUT2D eigenvalue weighted by molar-refractivity contribution is 0.394. The van der Waals surface area contributed by atoms with Crippen molar-refractivity contribution in [2.75, 3.05) is 14.2 Å². The first-order chi connectivity index (χ1) is 11.0. The minimum Gasteiger partial charge on any atom is -0.497 e. The molecule has 0 atom stereocenters. The first-order valence-corrected chi connectivity index (χ1v) is 7.04. The Labute approximate surface area is 136 Å². The summed E-state index contributed by atoms with van der Waals surface area (Å²) in [4.78, 5) is 24.9. The summed E-state index contributed by atoms with van der Waals surface area (Å²) in [6.07, 6.45) is 1.48. The molecule has 0 aliphatic rings. The smallest absolute Gasteiger partial charge is 0.278 e. The summed E-state index contributed by atoms with van der Waals surface area (Å²) in [6.45, 7) is 0. The van der Waals surface area contributed by atoms with E-state index < -0.39 is 0 Å². The molecule has 0 radical (unpaired) electrons. The number of ether oxygens (including phenoxy) is 2. The molecule has 0 saturated heterocycles. The number of hydrogen-bond acceptors (Lipinski definition) is 6. The summed E-state index contributed by atoms with van der Waals surface area (Å²) in [5, 5.41) is 0.0603. The van der Waals surface area contributed by atoms with Gasteiger partial charge in [-0.05, 0) is 23.7 Å². The van der Waals surface area contributed by atoms with Crippen molar-refractivity contribution in [3.8, 4) is 22.8 Å². The highest BCUT2D eigenvalue weighted by molar-refractivity contribution is 6.28. The van der Waals surface area contributed by atoms with Crippen LogP contribution in [0, 0.1) is 0 Å². The van der Waals surface area contributed by atoms with Crippen LogP contribution in [0.15, 0.2) is 29.2 Å². The maximum Gasteiger partial charge on any atom is 0.278 e. The number of benzene rings is 1. The van der Waals surface area contributed by atoms with E-state index in [0.29, 0.717) is 28.2 Å². The Bertz CT molecular complexity index is 933. The molecule has 3 aromatic rings. The molecule has 0 fully saturated rings. The number of nitrogens with zero attached hydrogens (tertiary/aromatic N) is 4. The third kappa shape index (κ3) is 2.70. The average Bonchev–Trinajstić information content (AvgIpc) is 2.58. The summed E-state index contributed by atoms with van der Waals surface area (Å²) < 4.78 is 11.9. The van der Waals surface area contributed by atoms with Crippen LogP contribution in [-0.4, -0.2) is 33.7 Å². The molecular formula is C15H13ClN4O3. The molecule has 3 rings (SSSR count). The monoisotopic (exact) mass is 332 g/mol. The second-order valence-corrected chi connectivity index (χ2v) is 5.11. The van der Waals surface area contributed by atoms with Crippen LogP contribution in [0.5, 0.6) is 11.5 Å². The molecule has 0 bridgehead atoms. The van der Waals surface area contributed by atoms with Crippen molar-refractivity contribution in [2.45, 2.75) is 0 Å². The van der Waals surface area contributed by atoms with Gasteiger partial charge in [0.25, 0.3) is 5.56 Å². The third-order valence-corrected chi connectivity index (χ3v) is 3.58. The molecule has 0 spiro atoms. The minimum atomic E-state index is -0.303. The molecule has 118 valence electrons. The predicted octanol–water partition coefficient (Wildman–Crippen LogP) is 2.06. The largest absolute Gasteiger partial charge is 0.497 e. The Morgan fingerprint density at radius 2 is 1.74 bits per heavy atom. The van der Waals surface area contributed by atoms with Gasteiger partial charge < -0.3 is 9.47 Å². The normalized spacial score (nSPS) is 10.8. The van der Waals surface area contributed by atoms with Gasteiger partial charge in [0.05, 0.1) is 20.4 Å². The van der Waals surface area contributed by atoms with Crippen molar-refractivity contribution in [2.24, 2.45) is 7.05 Å². The topological polar surface area (TPSA) is 79.1 Å². The standard InChI is InChI=1S/C15H13ClN4O3/c1-20-13-11(7-17-15(16)19-13)18-12(14(20)21)8-4-9(22-2)6-10(5-8)23-3/h4-7H,1-3H3. The average molecular weight is 333 g/mol. The number of aromatic nitrogens is 4. The van der Waals surface area contributed by atoms with Crippen LogP contribution >= 0.6 is 11.6 Å². The Balaban J connectivity index is 2.30. The van der Waals surface area contributed by atoms with Gasteiger partial charge in [-0.15, -0.1) is 0 Å². The minimum absolute atomic E-state index is 0.0603. The molecule has 0 N–H and O–H groups in total. The SMILES string of the molecule is COc1cc(OC)cc(-c2nc3cnc(Cl)nc3n(C)c2=O)c1. The highest BCUT2D eigenvalue weighted by atomic mass is 35.5. The molecule has 0 aliphatic heterocycles. The number of methoxy groups -OCH3 is 2. The van der Waals surface area contributed by atoms with Gasteiger partial charge in [0.15, 0.2) is 5.65 Å². The molecule has 23 heavy (non-hydrogen) atoms. The van der Waals surface area contributed by atoms with Crippen molar-refractivity contribution in [3.05, 3.63) is 40.0 Å². The molecule has 0 unspecified atom stereocenters. The molecule has 0 amide bonds. The van der Waals surface area contributed by atoms with Gasteiger partial charge in [0.1, 0.15) is 22.7 Å².